The van der Waals surface area contributed by atoms with Gasteiger partial charge in [0, 0.05) is 24.7 Å². The molecule has 2 aromatic rings. The number of aromatic nitrogens is 5. The van der Waals surface area contributed by atoms with Gasteiger partial charge >= 0.3 is 0 Å². The fourth-order valence-corrected chi connectivity index (χ4v) is 1.60. The van der Waals surface area contributed by atoms with Gasteiger partial charge in [-0.25, -0.2) is 15.0 Å². The van der Waals surface area contributed by atoms with Crippen LogP contribution in [0.2, 0.25) is 0 Å². The fourth-order valence-electron chi connectivity index (χ4n) is 1.60. The van der Waals surface area contributed by atoms with Crippen LogP contribution in [-0.4, -0.2) is 32.2 Å². The largest absolute Gasteiger partial charge is 0.373 e. The average molecular weight is 216 g/mol. The van der Waals surface area contributed by atoms with Crippen molar-refractivity contribution in [2.45, 2.75) is 18.8 Å². The molecule has 0 bridgehead atoms. The second kappa shape index (κ2) is 3.55. The predicted octanol–water partition coefficient (Wildman–Crippen LogP) is 1.18. The monoisotopic (exact) mass is 216 g/mol. The Balaban J connectivity index is 2.06. The van der Waals surface area contributed by atoms with Crippen LogP contribution >= 0.6 is 0 Å². The standard InChI is InChI=1S/C10H12N6/c1-11-8-4-7(6-2-3-6)14-10(15-8)9-12-5-13-16-9/h4-6H,2-3H2,1H3,(H,11,14,15)(H,12,13,16). The number of H-pyrrole nitrogens is 1. The molecular formula is C10H12N6. The van der Waals surface area contributed by atoms with Crippen LogP contribution in [0, 0.1) is 0 Å². The number of nitrogens with zero attached hydrogens (tertiary/aromatic N) is 4. The highest BCUT2D eigenvalue weighted by molar-refractivity contribution is 5.49. The molecule has 0 aromatic carbocycles. The van der Waals surface area contributed by atoms with Crippen molar-refractivity contribution in [3.8, 4) is 11.6 Å². The van der Waals surface area contributed by atoms with Crippen LogP contribution in [0.4, 0.5) is 5.82 Å². The van der Waals surface area contributed by atoms with Crippen LogP contribution in [0.1, 0.15) is 24.5 Å². The van der Waals surface area contributed by atoms with Crippen molar-refractivity contribution in [1.82, 2.24) is 25.1 Å². The molecule has 0 aliphatic heterocycles. The number of rotatable bonds is 3. The van der Waals surface area contributed by atoms with E-state index in [9.17, 15) is 0 Å². The molecule has 3 rings (SSSR count). The second-order valence-electron chi connectivity index (χ2n) is 3.86. The third-order valence-corrected chi connectivity index (χ3v) is 2.62. The smallest absolute Gasteiger partial charge is 0.199 e. The number of anilines is 1. The summed E-state index contributed by atoms with van der Waals surface area (Å²) in [7, 11) is 1.85. The number of nitrogens with one attached hydrogen (secondary N) is 2. The van der Waals surface area contributed by atoms with Gasteiger partial charge in [0.2, 0.25) is 0 Å². The topological polar surface area (TPSA) is 79.4 Å². The summed E-state index contributed by atoms with van der Waals surface area (Å²) in [4.78, 5) is 12.9. The van der Waals surface area contributed by atoms with Crippen molar-refractivity contribution in [2.75, 3.05) is 12.4 Å². The Morgan fingerprint density at radius 3 is 2.88 bits per heavy atom. The normalized spacial score (nSPS) is 15.1. The number of hydrogen-bond donors (Lipinski definition) is 2. The van der Waals surface area contributed by atoms with Crippen LogP contribution in [0.5, 0.6) is 0 Å². The first-order chi connectivity index (χ1) is 7.86. The maximum absolute atomic E-state index is 4.50. The lowest BCUT2D eigenvalue weighted by atomic mass is 10.2. The molecule has 1 aliphatic rings. The van der Waals surface area contributed by atoms with E-state index < -0.39 is 0 Å². The molecule has 2 N–H and O–H groups in total. The summed E-state index contributed by atoms with van der Waals surface area (Å²) in [5, 5.41) is 9.62. The summed E-state index contributed by atoms with van der Waals surface area (Å²) in [5.74, 6) is 2.63. The molecule has 6 heteroatoms. The highest BCUT2D eigenvalue weighted by Gasteiger charge is 2.26. The second-order valence-corrected chi connectivity index (χ2v) is 3.86. The van der Waals surface area contributed by atoms with E-state index in [-0.39, 0.29) is 0 Å². The van der Waals surface area contributed by atoms with E-state index in [1.165, 1.54) is 19.2 Å². The summed E-state index contributed by atoms with van der Waals surface area (Å²) in [6, 6.07) is 2.00. The Labute approximate surface area is 92.5 Å². The molecule has 16 heavy (non-hydrogen) atoms. The summed E-state index contributed by atoms with van der Waals surface area (Å²) in [5.41, 5.74) is 1.09. The Kier molecular flexibility index (Phi) is 2.05. The van der Waals surface area contributed by atoms with Crippen molar-refractivity contribution >= 4 is 5.82 Å². The van der Waals surface area contributed by atoms with Gasteiger partial charge in [0.1, 0.15) is 12.1 Å². The van der Waals surface area contributed by atoms with E-state index >= 15 is 0 Å². The van der Waals surface area contributed by atoms with Crippen LogP contribution < -0.4 is 5.32 Å². The molecule has 6 nitrogen and oxygen atoms in total. The Morgan fingerprint density at radius 1 is 1.38 bits per heavy atom. The van der Waals surface area contributed by atoms with E-state index in [0.29, 0.717) is 17.6 Å². The summed E-state index contributed by atoms with van der Waals surface area (Å²) in [6.07, 6.45) is 3.90. The molecule has 1 fully saturated rings. The molecule has 0 atom stereocenters. The van der Waals surface area contributed by atoms with E-state index in [1.807, 2.05) is 13.1 Å². The summed E-state index contributed by atoms with van der Waals surface area (Å²) < 4.78 is 0. The van der Waals surface area contributed by atoms with E-state index in [2.05, 4.69) is 30.5 Å². The highest BCUT2D eigenvalue weighted by atomic mass is 15.2. The lowest BCUT2D eigenvalue weighted by Gasteiger charge is -2.04. The first-order valence-electron chi connectivity index (χ1n) is 5.29. The van der Waals surface area contributed by atoms with Crippen molar-refractivity contribution in [1.29, 1.82) is 0 Å². The van der Waals surface area contributed by atoms with E-state index in [4.69, 9.17) is 0 Å². The third kappa shape index (κ3) is 1.62. The van der Waals surface area contributed by atoms with Gasteiger partial charge < -0.3 is 5.32 Å². The molecular weight excluding hydrogens is 204 g/mol. The molecule has 0 spiro atoms. The van der Waals surface area contributed by atoms with Crippen LogP contribution in [0.25, 0.3) is 11.6 Å². The number of aromatic amines is 1. The maximum atomic E-state index is 4.50. The highest BCUT2D eigenvalue weighted by Crippen LogP contribution is 2.39. The quantitative estimate of drug-likeness (QED) is 0.805. The zero-order valence-corrected chi connectivity index (χ0v) is 8.94. The molecule has 0 unspecified atom stereocenters. The van der Waals surface area contributed by atoms with Crippen LogP contribution in [0.15, 0.2) is 12.4 Å². The zero-order valence-electron chi connectivity index (χ0n) is 8.94. The van der Waals surface area contributed by atoms with Gasteiger partial charge in [-0.2, -0.15) is 5.10 Å². The molecule has 2 heterocycles. The van der Waals surface area contributed by atoms with Gasteiger partial charge in [0.15, 0.2) is 11.6 Å². The molecule has 82 valence electrons. The van der Waals surface area contributed by atoms with Gasteiger partial charge in [-0.3, -0.25) is 5.10 Å². The molecule has 0 radical (unpaired) electrons. The van der Waals surface area contributed by atoms with Gasteiger partial charge in [0.05, 0.1) is 0 Å². The van der Waals surface area contributed by atoms with Crippen LogP contribution in [-0.2, 0) is 0 Å². The van der Waals surface area contributed by atoms with Gasteiger partial charge in [-0.1, -0.05) is 0 Å². The minimum Gasteiger partial charge on any atom is -0.373 e. The summed E-state index contributed by atoms with van der Waals surface area (Å²) in [6.45, 7) is 0. The van der Waals surface area contributed by atoms with Gasteiger partial charge in [-0.15, -0.1) is 0 Å². The minimum absolute atomic E-state index is 0.594. The first-order valence-corrected chi connectivity index (χ1v) is 5.29. The van der Waals surface area contributed by atoms with E-state index in [0.717, 1.165) is 11.5 Å². The molecule has 1 saturated carbocycles. The zero-order chi connectivity index (χ0) is 11.0. The maximum Gasteiger partial charge on any atom is 0.199 e. The lowest BCUT2D eigenvalue weighted by molar-refractivity contribution is 0.976. The molecule has 1 aliphatic carbocycles. The lowest BCUT2D eigenvalue weighted by Crippen LogP contribution is -2.01. The Hall–Kier alpha value is -1.98. The molecule has 0 amide bonds. The van der Waals surface area contributed by atoms with Crippen LogP contribution in [0.3, 0.4) is 0 Å². The Morgan fingerprint density at radius 2 is 2.25 bits per heavy atom. The summed E-state index contributed by atoms with van der Waals surface area (Å²) >= 11 is 0. The van der Waals surface area contributed by atoms with Gasteiger partial charge in [0.25, 0.3) is 0 Å². The fraction of sp³-hybridized carbons (Fsp3) is 0.400. The van der Waals surface area contributed by atoms with Crippen molar-refractivity contribution in [3.63, 3.8) is 0 Å². The van der Waals surface area contributed by atoms with Crippen molar-refractivity contribution in [2.24, 2.45) is 0 Å². The Bertz CT molecular complexity index is 488. The molecule has 0 saturated heterocycles. The third-order valence-electron chi connectivity index (χ3n) is 2.62. The van der Waals surface area contributed by atoms with Crippen molar-refractivity contribution < 1.29 is 0 Å². The predicted molar refractivity (Wildman–Crippen MR) is 58.9 cm³/mol. The SMILES string of the molecule is CNc1cc(C2CC2)nc(-c2ncn[nH]2)n1. The molecule has 2 aromatic heterocycles. The van der Waals surface area contributed by atoms with Crippen molar-refractivity contribution in [3.05, 3.63) is 18.1 Å². The number of hydrogen-bond acceptors (Lipinski definition) is 5. The first kappa shape index (κ1) is 9.26. The van der Waals surface area contributed by atoms with E-state index in [1.54, 1.807) is 0 Å². The average Bonchev–Trinajstić information content (AvgIpc) is 3.04. The van der Waals surface area contributed by atoms with Gasteiger partial charge in [-0.05, 0) is 12.8 Å². The minimum atomic E-state index is 0.594.